The zero-order chi connectivity index (χ0) is 16.3. The number of nitrogens with zero attached hydrogens (tertiary/aromatic N) is 2. The number of hydrogen-bond acceptors (Lipinski definition) is 4. The molecule has 5 nitrogen and oxygen atoms in total. The van der Waals surface area contributed by atoms with Gasteiger partial charge in [0.25, 0.3) is 0 Å². The van der Waals surface area contributed by atoms with Gasteiger partial charge in [-0.2, -0.15) is 0 Å². The molecule has 0 unspecified atom stereocenters. The molecule has 0 aliphatic carbocycles. The van der Waals surface area contributed by atoms with E-state index in [1.807, 2.05) is 13.8 Å². The second-order valence-electron chi connectivity index (χ2n) is 5.54. The van der Waals surface area contributed by atoms with Crippen molar-refractivity contribution in [3.8, 4) is 0 Å². The van der Waals surface area contributed by atoms with Gasteiger partial charge in [-0.1, -0.05) is 27.7 Å². The third kappa shape index (κ3) is 8.71. The molecular formula is C16H32N2O3. The van der Waals surface area contributed by atoms with Crippen molar-refractivity contribution in [1.29, 1.82) is 0 Å². The van der Waals surface area contributed by atoms with Crippen LogP contribution in [0, 0.1) is 5.92 Å². The first-order valence-electron chi connectivity index (χ1n) is 8.04. The highest BCUT2D eigenvalue weighted by molar-refractivity contribution is 5.79. The lowest BCUT2D eigenvalue weighted by molar-refractivity contribution is -0.142. The van der Waals surface area contributed by atoms with Gasteiger partial charge < -0.3 is 14.5 Å². The fourth-order valence-electron chi connectivity index (χ4n) is 2.20. The second kappa shape index (κ2) is 11.5. The maximum atomic E-state index is 12.1. The minimum Gasteiger partial charge on any atom is -0.469 e. The monoisotopic (exact) mass is 300 g/mol. The summed E-state index contributed by atoms with van der Waals surface area (Å²) in [6.45, 7) is 12.5. The Bertz CT molecular complexity index is 302. The Morgan fingerprint density at radius 1 is 1.00 bits per heavy atom. The average Bonchev–Trinajstić information content (AvgIpc) is 2.49. The maximum absolute atomic E-state index is 12.1. The Morgan fingerprint density at radius 2 is 1.57 bits per heavy atom. The quantitative estimate of drug-likeness (QED) is 0.433. The molecule has 0 aromatic heterocycles. The van der Waals surface area contributed by atoms with Gasteiger partial charge in [0.15, 0.2) is 0 Å². The van der Waals surface area contributed by atoms with Gasteiger partial charge in [-0.3, -0.25) is 9.59 Å². The lowest BCUT2D eigenvalue weighted by atomic mass is 10.1. The molecule has 21 heavy (non-hydrogen) atoms. The summed E-state index contributed by atoms with van der Waals surface area (Å²) < 4.78 is 4.64. The zero-order valence-electron chi connectivity index (χ0n) is 14.4. The Labute approximate surface area is 129 Å². The highest BCUT2D eigenvalue weighted by atomic mass is 16.5. The van der Waals surface area contributed by atoms with E-state index in [4.69, 9.17) is 0 Å². The van der Waals surface area contributed by atoms with Crippen LogP contribution < -0.4 is 0 Å². The molecule has 5 heteroatoms. The first-order valence-corrected chi connectivity index (χ1v) is 8.04. The van der Waals surface area contributed by atoms with Crippen LogP contribution in [-0.4, -0.2) is 61.5 Å². The molecule has 0 aromatic carbocycles. The van der Waals surface area contributed by atoms with Crippen LogP contribution in [0.5, 0.6) is 0 Å². The summed E-state index contributed by atoms with van der Waals surface area (Å²) in [6.07, 6.45) is 2.31. The van der Waals surface area contributed by atoms with Gasteiger partial charge in [-0.05, 0) is 32.5 Å². The molecule has 124 valence electrons. The normalized spacial score (nSPS) is 11.0. The number of carbonyl (C=O) groups excluding carboxylic acids is 2. The van der Waals surface area contributed by atoms with E-state index < -0.39 is 0 Å². The van der Waals surface area contributed by atoms with E-state index in [2.05, 4.69) is 23.5 Å². The molecule has 0 saturated heterocycles. The summed E-state index contributed by atoms with van der Waals surface area (Å²) in [5.74, 6) is -0.188. The number of rotatable bonds is 11. The van der Waals surface area contributed by atoms with Crippen molar-refractivity contribution < 1.29 is 14.3 Å². The Morgan fingerprint density at radius 3 is 2.05 bits per heavy atom. The van der Waals surface area contributed by atoms with Gasteiger partial charge in [-0.25, -0.2) is 0 Å². The summed E-state index contributed by atoms with van der Waals surface area (Å²) in [4.78, 5) is 27.6. The van der Waals surface area contributed by atoms with Gasteiger partial charge in [0.1, 0.15) is 0 Å². The standard InChI is InChI=1S/C16H32N2O3/c1-6-17(7-2)11-8-9-12-18(16(20)14(3)4)13-10-15(19)21-5/h14H,6-13H2,1-5H3. The van der Waals surface area contributed by atoms with Crippen LogP contribution in [0.4, 0.5) is 0 Å². The number of methoxy groups -OCH3 is 1. The van der Waals surface area contributed by atoms with E-state index in [1.165, 1.54) is 7.11 Å². The van der Waals surface area contributed by atoms with Crippen LogP contribution in [0.1, 0.15) is 47.0 Å². The predicted molar refractivity (Wildman–Crippen MR) is 85.1 cm³/mol. The van der Waals surface area contributed by atoms with E-state index in [-0.39, 0.29) is 24.2 Å². The van der Waals surface area contributed by atoms with E-state index in [9.17, 15) is 9.59 Å². The molecule has 0 fully saturated rings. The number of carbonyl (C=O) groups is 2. The fraction of sp³-hybridized carbons (Fsp3) is 0.875. The summed E-state index contributed by atoms with van der Waals surface area (Å²) in [6, 6.07) is 0. The lowest BCUT2D eigenvalue weighted by Gasteiger charge is -2.25. The number of unbranched alkanes of at least 4 members (excludes halogenated alkanes) is 1. The molecule has 0 atom stereocenters. The molecule has 0 heterocycles. The van der Waals surface area contributed by atoms with Crippen molar-refractivity contribution in [2.24, 2.45) is 5.92 Å². The minimum absolute atomic E-state index is 0.0366. The summed E-state index contributed by atoms with van der Waals surface area (Å²) in [5.41, 5.74) is 0. The van der Waals surface area contributed by atoms with E-state index in [0.717, 1.165) is 39.0 Å². The zero-order valence-corrected chi connectivity index (χ0v) is 14.4. The number of hydrogen-bond donors (Lipinski definition) is 0. The van der Waals surface area contributed by atoms with Crippen molar-refractivity contribution in [1.82, 2.24) is 9.80 Å². The molecule has 1 amide bonds. The predicted octanol–water partition coefficient (Wildman–Crippen LogP) is 2.16. The van der Waals surface area contributed by atoms with Gasteiger partial charge in [-0.15, -0.1) is 0 Å². The summed E-state index contributed by atoms with van der Waals surface area (Å²) in [5, 5.41) is 0. The maximum Gasteiger partial charge on any atom is 0.307 e. The minimum atomic E-state index is -0.264. The smallest absolute Gasteiger partial charge is 0.307 e. The Kier molecular flexibility index (Phi) is 10.9. The molecule has 0 N–H and O–H groups in total. The molecule has 0 aliphatic heterocycles. The van der Waals surface area contributed by atoms with Gasteiger partial charge in [0.05, 0.1) is 13.5 Å². The second-order valence-corrected chi connectivity index (χ2v) is 5.54. The third-order valence-corrected chi connectivity index (χ3v) is 3.67. The fourth-order valence-corrected chi connectivity index (χ4v) is 2.20. The third-order valence-electron chi connectivity index (χ3n) is 3.67. The molecule has 0 saturated carbocycles. The van der Waals surface area contributed by atoms with Gasteiger partial charge in [0.2, 0.25) is 5.91 Å². The number of esters is 1. The highest BCUT2D eigenvalue weighted by Gasteiger charge is 2.17. The van der Waals surface area contributed by atoms with Crippen LogP contribution in [0.25, 0.3) is 0 Å². The van der Waals surface area contributed by atoms with E-state index in [0.29, 0.717) is 6.54 Å². The lowest BCUT2D eigenvalue weighted by Crippen LogP contribution is -2.37. The van der Waals surface area contributed by atoms with Crippen LogP contribution in [0.15, 0.2) is 0 Å². The molecule has 0 aromatic rings. The summed E-state index contributed by atoms with van der Waals surface area (Å²) >= 11 is 0. The Balaban J connectivity index is 4.22. The topological polar surface area (TPSA) is 49.9 Å². The molecule has 0 aliphatic rings. The number of ether oxygens (including phenoxy) is 1. The van der Waals surface area contributed by atoms with Crippen LogP contribution >= 0.6 is 0 Å². The van der Waals surface area contributed by atoms with Crippen LogP contribution in [-0.2, 0) is 14.3 Å². The number of amides is 1. The highest BCUT2D eigenvalue weighted by Crippen LogP contribution is 2.06. The van der Waals surface area contributed by atoms with Gasteiger partial charge >= 0.3 is 5.97 Å². The molecule has 0 radical (unpaired) electrons. The van der Waals surface area contributed by atoms with Crippen molar-refractivity contribution in [2.75, 3.05) is 39.8 Å². The van der Waals surface area contributed by atoms with Gasteiger partial charge in [0, 0.05) is 19.0 Å². The van der Waals surface area contributed by atoms with Crippen molar-refractivity contribution in [2.45, 2.75) is 47.0 Å². The molecule has 0 rings (SSSR count). The van der Waals surface area contributed by atoms with Crippen molar-refractivity contribution >= 4 is 11.9 Å². The Hall–Kier alpha value is -1.10. The van der Waals surface area contributed by atoms with E-state index >= 15 is 0 Å². The molecule has 0 spiro atoms. The average molecular weight is 300 g/mol. The SMILES string of the molecule is CCN(CC)CCCCN(CCC(=O)OC)C(=O)C(C)C. The summed E-state index contributed by atoms with van der Waals surface area (Å²) in [7, 11) is 1.38. The molecular weight excluding hydrogens is 268 g/mol. The molecule has 0 bridgehead atoms. The first kappa shape index (κ1) is 19.9. The van der Waals surface area contributed by atoms with Crippen LogP contribution in [0.3, 0.4) is 0 Å². The van der Waals surface area contributed by atoms with E-state index in [1.54, 1.807) is 4.90 Å². The van der Waals surface area contributed by atoms with Crippen LogP contribution in [0.2, 0.25) is 0 Å². The largest absolute Gasteiger partial charge is 0.469 e. The van der Waals surface area contributed by atoms with Crippen molar-refractivity contribution in [3.63, 3.8) is 0 Å². The first-order chi connectivity index (χ1) is 9.96. The van der Waals surface area contributed by atoms with Crippen molar-refractivity contribution in [3.05, 3.63) is 0 Å².